The van der Waals surface area contributed by atoms with Gasteiger partial charge in [-0.05, 0) is 52.4 Å². The van der Waals surface area contributed by atoms with E-state index in [1.54, 1.807) is 0 Å². The maximum Gasteiger partial charge on any atom is 0.0710 e. The summed E-state index contributed by atoms with van der Waals surface area (Å²) >= 11 is 0. The molecule has 0 aromatic heterocycles. The lowest BCUT2D eigenvalue weighted by molar-refractivity contribution is -0.0392. The van der Waals surface area contributed by atoms with Gasteiger partial charge in [0.05, 0.1) is 11.7 Å². The molecule has 2 saturated heterocycles. The Hall–Kier alpha value is -0.120. The zero-order valence-corrected chi connectivity index (χ0v) is 14.2. The molecule has 0 aromatic rings. The molecule has 2 heterocycles. The van der Waals surface area contributed by atoms with Gasteiger partial charge >= 0.3 is 0 Å². The van der Waals surface area contributed by atoms with Crippen LogP contribution in [0.5, 0.6) is 0 Å². The van der Waals surface area contributed by atoms with E-state index in [-0.39, 0.29) is 5.60 Å². The van der Waals surface area contributed by atoms with Gasteiger partial charge in [0.15, 0.2) is 0 Å². The van der Waals surface area contributed by atoms with Gasteiger partial charge in [0.25, 0.3) is 0 Å². The summed E-state index contributed by atoms with van der Waals surface area (Å²) in [5.74, 6) is 0.912. The Kier molecular flexibility index (Phi) is 4.92. The van der Waals surface area contributed by atoms with Crippen LogP contribution in [0, 0.1) is 5.92 Å². The highest BCUT2D eigenvalue weighted by atomic mass is 16.5. The maximum atomic E-state index is 6.22. The molecular formula is C18H34N2O. The molecule has 3 fully saturated rings. The van der Waals surface area contributed by atoms with E-state index in [0.29, 0.717) is 12.1 Å². The zero-order chi connectivity index (χ0) is 14.9. The first kappa shape index (κ1) is 15.8. The van der Waals surface area contributed by atoms with Crippen molar-refractivity contribution in [3.8, 4) is 0 Å². The fourth-order valence-electron chi connectivity index (χ4n) is 4.52. The lowest BCUT2D eigenvalue weighted by Gasteiger charge is -2.43. The van der Waals surface area contributed by atoms with Crippen LogP contribution in [0.1, 0.15) is 65.7 Å². The number of nitrogens with zero attached hydrogens (tertiary/aromatic N) is 1. The first-order chi connectivity index (χ1) is 10.0. The first-order valence-corrected chi connectivity index (χ1v) is 9.19. The standard InChI is InChI=1S/C18H34N2O/c1-14-11-19-17(15-7-5-4-6-8-15)13-20(14)12-16-9-10-18(2,3)21-16/h14-17,19H,4-13H2,1-3H3. The van der Waals surface area contributed by atoms with Crippen molar-refractivity contribution in [2.24, 2.45) is 5.92 Å². The van der Waals surface area contributed by atoms with E-state index in [9.17, 15) is 0 Å². The molecule has 1 N–H and O–H groups in total. The first-order valence-electron chi connectivity index (χ1n) is 9.19. The van der Waals surface area contributed by atoms with Gasteiger partial charge in [-0.1, -0.05) is 19.3 Å². The molecule has 3 nitrogen and oxygen atoms in total. The Balaban J connectivity index is 1.53. The summed E-state index contributed by atoms with van der Waals surface area (Å²) in [5, 5.41) is 3.83. The fraction of sp³-hybridized carbons (Fsp3) is 1.00. The summed E-state index contributed by atoms with van der Waals surface area (Å²) in [7, 11) is 0. The molecule has 3 unspecified atom stereocenters. The highest BCUT2D eigenvalue weighted by Crippen LogP contribution is 2.32. The van der Waals surface area contributed by atoms with Crippen molar-refractivity contribution in [3.63, 3.8) is 0 Å². The van der Waals surface area contributed by atoms with Crippen molar-refractivity contribution >= 4 is 0 Å². The summed E-state index contributed by atoms with van der Waals surface area (Å²) < 4.78 is 6.22. The van der Waals surface area contributed by atoms with Crippen molar-refractivity contribution in [2.75, 3.05) is 19.6 Å². The number of nitrogens with one attached hydrogen (secondary N) is 1. The van der Waals surface area contributed by atoms with Crippen molar-refractivity contribution < 1.29 is 4.74 Å². The maximum absolute atomic E-state index is 6.22. The van der Waals surface area contributed by atoms with Gasteiger partial charge in [-0.3, -0.25) is 4.90 Å². The predicted molar refractivity (Wildman–Crippen MR) is 87.6 cm³/mol. The van der Waals surface area contributed by atoms with E-state index in [1.807, 2.05) is 0 Å². The van der Waals surface area contributed by atoms with E-state index < -0.39 is 0 Å². The average Bonchev–Trinajstić information content (AvgIpc) is 2.81. The van der Waals surface area contributed by atoms with E-state index in [4.69, 9.17) is 4.74 Å². The van der Waals surface area contributed by atoms with Crippen LogP contribution in [0.4, 0.5) is 0 Å². The van der Waals surface area contributed by atoms with E-state index in [2.05, 4.69) is 31.0 Å². The van der Waals surface area contributed by atoms with Crippen LogP contribution in [0.25, 0.3) is 0 Å². The minimum atomic E-state index is 0.102. The van der Waals surface area contributed by atoms with Crippen LogP contribution >= 0.6 is 0 Å². The summed E-state index contributed by atoms with van der Waals surface area (Å²) in [5.41, 5.74) is 0.102. The van der Waals surface area contributed by atoms with E-state index >= 15 is 0 Å². The second-order valence-electron chi connectivity index (χ2n) is 8.25. The second kappa shape index (κ2) is 6.55. The molecule has 3 aliphatic rings. The van der Waals surface area contributed by atoms with Gasteiger partial charge in [0, 0.05) is 31.7 Å². The van der Waals surface area contributed by atoms with Gasteiger partial charge in [-0.15, -0.1) is 0 Å². The summed E-state index contributed by atoms with van der Waals surface area (Å²) in [6.07, 6.45) is 10.1. The Morgan fingerprint density at radius 3 is 2.57 bits per heavy atom. The molecule has 3 heteroatoms. The highest BCUT2D eigenvalue weighted by Gasteiger charge is 2.36. The van der Waals surface area contributed by atoms with E-state index in [0.717, 1.165) is 25.0 Å². The number of rotatable bonds is 3. The molecule has 0 spiro atoms. The normalized spacial score (nSPS) is 38.7. The molecule has 1 saturated carbocycles. The van der Waals surface area contributed by atoms with Gasteiger partial charge in [-0.2, -0.15) is 0 Å². The molecule has 0 bridgehead atoms. The number of hydrogen-bond acceptors (Lipinski definition) is 3. The largest absolute Gasteiger partial charge is 0.371 e. The molecule has 0 radical (unpaired) electrons. The third-order valence-corrected chi connectivity index (χ3v) is 5.94. The average molecular weight is 294 g/mol. The smallest absolute Gasteiger partial charge is 0.0710 e. The van der Waals surface area contributed by atoms with Gasteiger partial charge < -0.3 is 10.1 Å². The van der Waals surface area contributed by atoms with Crippen LogP contribution in [0.2, 0.25) is 0 Å². The predicted octanol–water partition coefficient (Wildman–Crippen LogP) is 3.19. The quantitative estimate of drug-likeness (QED) is 0.865. The Morgan fingerprint density at radius 1 is 1.14 bits per heavy atom. The summed E-state index contributed by atoms with van der Waals surface area (Å²) in [6, 6.07) is 1.37. The molecule has 3 atom stereocenters. The van der Waals surface area contributed by atoms with Crippen LogP contribution in [0.15, 0.2) is 0 Å². The molecule has 3 rings (SSSR count). The number of ether oxygens (including phenoxy) is 1. The van der Waals surface area contributed by atoms with E-state index in [1.165, 1.54) is 51.5 Å². The van der Waals surface area contributed by atoms with Crippen molar-refractivity contribution in [2.45, 2.75) is 89.5 Å². The lowest BCUT2D eigenvalue weighted by atomic mass is 9.82. The van der Waals surface area contributed by atoms with Crippen LogP contribution < -0.4 is 5.32 Å². The monoisotopic (exact) mass is 294 g/mol. The second-order valence-corrected chi connectivity index (χ2v) is 8.25. The molecular weight excluding hydrogens is 260 g/mol. The third kappa shape index (κ3) is 4.00. The van der Waals surface area contributed by atoms with Crippen molar-refractivity contribution in [1.82, 2.24) is 10.2 Å². The molecule has 0 amide bonds. The number of hydrogen-bond donors (Lipinski definition) is 1. The van der Waals surface area contributed by atoms with Gasteiger partial charge in [-0.25, -0.2) is 0 Å². The summed E-state index contributed by atoms with van der Waals surface area (Å²) in [4.78, 5) is 2.70. The zero-order valence-electron chi connectivity index (χ0n) is 14.2. The molecule has 122 valence electrons. The molecule has 21 heavy (non-hydrogen) atoms. The summed E-state index contributed by atoms with van der Waals surface area (Å²) in [6.45, 7) is 10.3. The Bertz CT molecular complexity index is 338. The van der Waals surface area contributed by atoms with Crippen LogP contribution in [-0.4, -0.2) is 48.3 Å². The van der Waals surface area contributed by atoms with Crippen molar-refractivity contribution in [3.05, 3.63) is 0 Å². The third-order valence-electron chi connectivity index (χ3n) is 5.94. The van der Waals surface area contributed by atoms with Crippen LogP contribution in [-0.2, 0) is 4.74 Å². The SMILES string of the molecule is CC1CNC(C2CCCCC2)CN1CC1CCC(C)(C)O1. The Labute approximate surface area is 130 Å². The molecule has 2 aliphatic heterocycles. The minimum Gasteiger partial charge on any atom is -0.371 e. The minimum absolute atomic E-state index is 0.102. The van der Waals surface area contributed by atoms with Gasteiger partial charge in [0.2, 0.25) is 0 Å². The molecule has 1 aliphatic carbocycles. The Morgan fingerprint density at radius 2 is 1.90 bits per heavy atom. The highest BCUT2D eigenvalue weighted by molar-refractivity contribution is 4.91. The van der Waals surface area contributed by atoms with Crippen LogP contribution in [0.3, 0.4) is 0 Å². The van der Waals surface area contributed by atoms with Crippen molar-refractivity contribution in [1.29, 1.82) is 0 Å². The topological polar surface area (TPSA) is 24.5 Å². The van der Waals surface area contributed by atoms with Gasteiger partial charge in [0.1, 0.15) is 0 Å². The lowest BCUT2D eigenvalue weighted by Crippen LogP contribution is -2.59. The fourth-order valence-corrected chi connectivity index (χ4v) is 4.52. The number of piperazine rings is 1. The molecule has 0 aromatic carbocycles.